The van der Waals surface area contributed by atoms with Crippen LogP contribution in [0.15, 0.2) is 12.1 Å². The fourth-order valence-corrected chi connectivity index (χ4v) is 2.99. The Hall–Kier alpha value is -1.84. The molecule has 4 nitrogen and oxygen atoms in total. The van der Waals surface area contributed by atoms with Gasteiger partial charge in [0.2, 0.25) is 0 Å². The SMILES string of the molecule is CCCCCCc1cc(C(=O)O)c(CCCCCC)cc1C(=O)O. The average molecular weight is 334 g/mol. The molecule has 1 aromatic carbocycles. The maximum Gasteiger partial charge on any atom is 0.335 e. The zero-order valence-electron chi connectivity index (χ0n) is 14.9. The fraction of sp³-hybridized carbons (Fsp3) is 0.600. The molecule has 0 radical (unpaired) electrons. The van der Waals surface area contributed by atoms with Crippen LogP contribution in [0.3, 0.4) is 0 Å². The Morgan fingerprint density at radius 2 is 1.08 bits per heavy atom. The van der Waals surface area contributed by atoms with Gasteiger partial charge in [0, 0.05) is 0 Å². The van der Waals surface area contributed by atoms with Crippen LogP contribution in [-0.4, -0.2) is 22.2 Å². The van der Waals surface area contributed by atoms with Gasteiger partial charge in [0.15, 0.2) is 0 Å². The first-order valence-electron chi connectivity index (χ1n) is 9.13. The van der Waals surface area contributed by atoms with E-state index >= 15 is 0 Å². The van der Waals surface area contributed by atoms with Gasteiger partial charge in [0.25, 0.3) is 0 Å². The Morgan fingerprint density at radius 3 is 1.38 bits per heavy atom. The Labute approximate surface area is 144 Å². The number of hydrogen-bond acceptors (Lipinski definition) is 2. The van der Waals surface area contributed by atoms with E-state index in [1.165, 1.54) is 0 Å². The van der Waals surface area contributed by atoms with E-state index in [0.29, 0.717) is 24.0 Å². The molecule has 0 saturated carbocycles. The first kappa shape index (κ1) is 20.2. The van der Waals surface area contributed by atoms with E-state index < -0.39 is 11.9 Å². The summed E-state index contributed by atoms with van der Waals surface area (Å²) in [6.45, 7) is 4.25. The van der Waals surface area contributed by atoms with Crippen molar-refractivity contribution in [1.82, 2.24) is 0 Å². The van der Waals surface area contributed by atoms with E-state index in [1.807, 2.05) is 0 Å². The Balaban J connectivity index is 3.00. The van der Waals surface area contributed by atoms with Crippen molar-refractivity contribution in [1.29, 1.82) is 0 Å². The van der Waals surface area contributed by atoms with Gasteiger partial charge in [-0.3, -0.25) is 0 Å². The molecule has 0 heterocycles. The standard InChI is InChI=1S/C20H30O4/c1-3-5-7-9-11-15-13-18(20(23)24)16(12-10-8-6-4-2)14-17(15)19(21)22/h13-14H,3-12H2,1-2H3,(H,21,22)(H,23,24). The second-order valence-electron chi connectivity index (χ2n) is 6.40. The molecule has 2 N–H and O–H groups in total. The highest BCUT2D eigenvalue weighted by molar-refractivity contribution is 5.94. The number of carbonyl (C=O) groups is 2. The van der Waals surface area contributed by atoms with E-state index in [-0.39, 0.29) is 11.1 Å². The molecule has 1 rings (SSSR count). The van der Waals surface area contributed by atoms with E-state index in [0.717, 1.165) is 51.4 Å². The van der Waals surface area contributed by atoms with Crippen molar-refractivity contribution in [3.8, 4) is 0 Å². The third-order valence-corrected chi connectivity index (χ3v) is 4.39. The molecule has 0 atom stereocenters. The maximum atomic E-state index is 11.6. The van der Waals surface area contributed by atoms with Crippen molar-refractivity contribution in [2.45, 2.75) is 78.1 Å². The molecule has 0 bridgehead atoms. The Kier molecular flexibility index (Phi) is 9.13. The van der Waals surface area contributed by atoms with Gasteiger partial charge in [-0.25, -0.2) is 9.59 Å². The topological polar surface area (TPSA) is 74.6 Å². The summed E-state index contributed by atoms with van der Waals surface area (Å²) >= 11 is 0. The van der Waals surface area contributed by atoms with Crippen molar-refractivity contribution in [3.05, 3.63) is 34.4 Å². The van der Waals surface area contributed by atoms with Crippen LogP contribution < -0.4 is 0 Å². The van der Waals surface area contributed by atoms with Crippen LogP contribution in [0.4, 0.5) is 0 Å². The molecule has 0 aliphatic heterocycles. The molecule has 0 saturated heterocycles. The molecule has 0 aliphatic rings. The molecule has 0 unspecified atom stereocenters. The predicted molar refractivity (Wildman–Crippen MR) is 96.1 cm³/mol. The van der Waals surface area contributed by atoms with Gasteiger partial charge < -0.3 is 10.2 Å². The second-order valence-corrected chi connectivity index (χ2v) is 6.40. The molecule has 1 aromatic rings. The summed E-state index contributed by atoms with van der Waals surface area (Å²) in [6.07, 6.45) is 9.56. The number of benzene rings is 1. The van der Waals surface area contributed by atoms with Gasteiger partial charge in [0.1, 0.15) is 0 Å². The van der Waals surface area contributed by atoms with Crippen LogP contribution in [0.25, 0.3) is 0 Å². The predicted octanol–water partition coefficient (Wildman–Crippen LogP) is 5.33. The smallest absolute Gasteiger partial charge is 0.335 e. The average Bonchev–Trinajstić information content (AvgIpc) is 2.55. The summed E-state index contributed by atoms with van der Waals surface area (Å²) in [5.41, 5.74) is 1.82. The number of hydrogen-bond donors (Lipinski definition) is 2. The number of aryl methyl sites for hydroxylation is 2. The summed E-state index contributed by atoms with van der Waals surface area (Å²) in [5.74, 6) is -1.93. The molecule has 0 aromatic heterocycles. The van der Waals surface area contributed by atoms with Crippen molar-refractivity contribution >= 4 is 11.9 Å². The minimum Gasteiger partial charge on any atom is -0.478 e. The molecular weight excluding hydrogens is 304 g/mol. The second kappa shape index (κ2) is 10.8. The molecule has 0 aliphatic carbocycles. The highest BCUT2D eigenvalue weighted by atomic mass is 16.4. The highest BCUT2D eigenvalue weighted by Crippen LogP contribution is 2.22. The van der Waals surface area contributed by atoms with E-state index in [1.54, 1.807) is 12.1 Å². The molecule has 4 heteroatoms. The molecular formula is C20H30O4. The lowest BCUT2D eigenvalue weighted by Crippen LogP contribution is -2.10. The van der Waals surface area contributed by atoms with Gasteiger partial charge in [0.05, 0.1) is 11.1 Å². The number of carboxylic acid groups (broad SMARTS) is 2. The van der Waals surface area contributed by atoms with Crippen LogP contribution in [0.5, 0.6) is 0 Å². The largest absolute Gasteiger partial charge is 0.478 e. The summed E-state index contributed by atoms with van der Waals surface area (Å²) in [5, 5.41) is 19.0. The van der Waals surface area contributed by atoms with Gasteiger partial charge in [-0.2, -0.15) is 0 Å². The Bertz CT molecular complexity index is 499. The van der Waals surface area contributed by atoms with Crippen molar-refractivity contribution in [2.24, 2.45) is 0 Å². The maximum absolute atomic E-state index is 11.6. The monoisotopic (exact) mass is 334 g/mol. The fourth-order valence-electron chi connectivity index (χ4n) is 2.99. The minimum atomic E-state index is -0.966. The number of rotatable bonds is 12. The molecule has 0 spiro atoms. The lowest BCUT2D eigenvalue weighted by molar-refractivity contribution is 0.0679. The van der Waals surface area contributed by atoms with Gasteiger partial charge in [-0.15, -0.1) is 0 Å². The highest BCUT2D eigenvalue weighted by Gasteiger charge is 2.18. The van der Waals surface area contributed by atoms with E-state index in [2.05, 4.69) is 13.8 Å². The van der Waals surface area contributed by atoms with E-state index in [9.17, 15) is 19.8 Å². The van der Waals surface area contributed by atoms with Gasteiger partial charge in [-0.1, -0.05) is 52.4 Å². The van der Waals surface area contributed by atoms with Crippen LogP contribution in [0.1, 0.15) is 97.1 Å². The minimum absolute atomic E-state index is 0.266. The van der Waals surface area contributed by atoms with Crippen LogP contribution in [-0.2, 0) is 12.8 Å². The summed E-state index contributed by atoms with van der Waals surface area (Å²) in [6, 6.07) is 3.18. The molecule has 134 valence electrons. The van der Waals surface area contributed by atoms with Crippen LogP contribution in [0, 0.1) is 0 Å². The van der Waals surface area contributed by atoms with Crippen molar-refractivity contribution < 1.29 is 19.8 Å². The van der Waals surface area contributed by atoms with Crippen LogP contribution in [0.2, 0.25) is 0 Å². The molecule has 0 fully saturated rings. The third-order valence-electron chi connectivity index (χ3n) is 4.39. The van der Waals surface area contributed by atoms with Gasteiger partial charge >= 0.3 is 11.9 Å². The number of unbranched alkanes of at least 4 members (excludes halogenated alkanes) is 6. The lowest BCUT2D eigenvalue weighted by Gasteiger charge is -2.13. The number of aromatic carboxylic acids is 2. The quantitative estimate of drug-likeness (QED) is 0.507. The van der Waals surface area contributed by atoms with Gasteiger partial charge in [-0.05, 0) is 48.9 Å². The van der Waals surface area contributed by atoms with Crippen molar-refractivity contribution in [2.75, 3.05) is 0 Å². The van der Waals surface area contributed by atoms with E-state index in [4.69, 9.17) is 0 Å². The van der Waals surface area contributed by atoms with Crippen LogP contribution >= 0.6 is 0 Å². The number of carboxylic acids is 2. The zero-order chi connectivity index (χ0) is 17.9. The molecule has 24 heavy (non-hydrogen) atoms. The Morgan fingerprint density at radius 1 is 0.708 bits per heavy atom. The normalized spacial score (nSPS) is 10.8. The van der Waals surface area contributed by atoms with Crippen molar-refractivity contribution in [3.63, 3.8) is 0 Å². The zero-order valence-corrected chi connectivity index (χ0v) is 14.9. The lowest BCUT2D eigenvalue weighted by atomic mass is 9.92. The third kappa shape index (κ3) is 6.34. The summed E-state index contributed by atoms with van der Waals surface area (Å²) in [7, 11) is 0. The molecule has 0 amide bonds. The first-order valence-corrected chi connectivity index (χ1v) is 9.13. The first-order chi connectivity index (χ1) is 11.5. The summed E-state index contributed by atoms with van der Waals surface area (Å²) < 4.78 is 0. The summed E-state index contributed by atoms with van der Waals surface area (Å²) in [4.78, 5) is 23.1.